The van der Waals surface area contributed by atoms with Crippen molar-refractivity contribution in [3.63, 3.8) is 0 Å². The van der Waals surface area contributed by atoms with Crippen LogP contribution in [0.2, 0.25) is 0 Å². The van der Waals surface area contributed by atoms with Crippen LogP contribution in [-0.2, 0) is 14.4 Å². The number of imide groups is 3. The summed E-state index contributed by atoms with van der Waals surface area (Å²) in [7, 11) is 0. The Bertz CT molecular complexity index is 309. The number of rotatable bonds is 2. The van der Waals surface area contributed by atoms with E-state index in [1.54, 1.807) is 6.92 Å². The van der Waals surface area contributed by atoms with E-state index in [9.17, 15) is 14.4 Å². The van der Waals surface area contributed by atoms with E-state index in [0.717, 1.165) is 4.90 Å². The molecule has 0 aliphatic carbocycles. The fraction of sp³-hybridized carbons (Fsp3) is 0.727. The van der Waals surface area contributed by atoms with Crippen molar-refractivity contribution in [3.05, 3.63) is 0 Å². The quantitative estimate of drug-likeness (QED) is 0.645. The van der Waals surface area contributed by atoms with Crippen LogP contribution in [0.4, 0.5) is 0 Å². The Balaban J connectivity index is 2.90. The Morgan fingerprint density at radius 2 is 1.87 bits per heavy atom. The highest BCUT2D eigenvalue weighted by Gasteiger charge is 2.46. The fourth-order valence-corrected chi connectivity index (χ4v) is 1.99. The first kappa shape index (κ1) is 11.9. The van der Waals surface area contributed by atoms with Crippen molar-refractivity contribution in [1.82, 2.24) is 4.90 Å². The van der Waals surface area contributed by atoms with Crippen molar-refractivity contribution in [2.75, 3.05) is 0 Å². The molecule has 0 N–H and O–H groups in total. The molecule has 1 rings (SSSR count). The lowest BCUT2D eigenvalue weighted by atomic mass is 9.89. The summed E-state index contributed by atoms with van der Waals surface area (Å²) in [5, 5.41) is 0. The van der Waals surface area contributed by atoms with E-state index < -0.39 is 5.91 Å². The average Bonchev–Trinajstić information content (AvgIpc) is 2.29. The summed E-state index contributed by atoms with van der Waals surface area (Å²) in [4.78, 5) is 35.3. The van der Waals surface area contributed by atoms with Gasteiger partial charge in [-0.05, 0) is 12.3 Å². The lowest BCUT2D eigenvalue weighted by Gasteiger charge is -2.13. The molecule has 0 radical (unpaired) electrons. The number of nitrogens with zero attached hydrogens (tertiary/aromatic N) is 1. The zero-order valence-corrected chi connectivity index (χ0v) is 9.61. The highest BCUT2D eigenvalue weighted by atomic mass is 16.2. The van der Waals surface area contributed by atoms with Gasteiger partial charge in [-0.15, -0.1) is 0 Å². The second-order valence-corrected chi connectivity index (χ2v) is 4.56. The molecule has 3 amide bonds. The molecular formula is C11H17NO3. The second kappa shape index (κ2) is 4.13. The van der Waals surface area contributed by atoms with Crippen LogP contribution >= 0.6 is 0 Å². The highest BCUT2D eigenvalue weighted by Crippen LogP contribution is 2.30. The number of hydrogen-bond donors (Lipinski definition) is 0. The Hall–Kier alpha value is -1.19. The summed E-state index contributed by atoms with van der Waals surface area (Å²) in [6.07, 6.45) is 0.662. The molecule has 4 nitrogen and oxygen atoms in total. The van der Waals surface area contributed by atoms with Gasteiger partial charge in [0.05, 0.1) is 5.92 Å². The first-order valence-electron chi connectivity index (χ1n) is 5.24. The van der Waals surface area contributed by atoms with Crippen LogP contribution in [0.1, 0.15) is 34.1 Å². The molecule has 1 aliphatic rings. The molecular weight excluding hydrogens is 194 g/mol. The van der Waals surface area contributed by atoms with E-state index in [-0.39, 0.29) is 23.7 Å². The SMILES string of the molecule is CC(=O)N1C(=O)C(C)C(CC(C)C)C1=O. The zero-order valence-electron chi connectivity index (χ0n) is 9.61. The molecule has 0 saturated carbocycles. The maximum absolute atomic E-state index is 11.8. The number of likely N-dealkylation sites (tertiary alicyclic amines) is 1. The lowest BCUT2D eigenvalue weighted by molar-refractivity contribution is -0.149. The van der Waals surface area contributed by atoms with Crippen LogP contribution in [0.5, 0.6) is 0 Å². The summed E-state index contributed by atoms with van der Waals surface area (Å²) in [6, 6.07) is 0. The molecule has 15 heavy (non-hydrogen) atoms. The summed E-state index contributed by atoms with van der Waals surface area (Å²) in [6.45, 7) is 6.97. The number of amides is 3. The highest BCUT2D eigenvalue weighted by molar-refractivity contribution is 6.16. The van der Waals surface area contributed by atoms with Gasteiger partial charge >= 0.3 is 0 Å². The van der Waals surface area contributed by atoms with E-state index in [2.05, 4.69) is 0 Å². The van der Waals surface area contributed by atoms with Gasteiger partial charge in [0.15, 0.2) is 0 Å². The first-order valence-corrected chi connectivity index (χ1v) is 5.24. The minimum Gasteiger partial charge on any atom is -0.274 e. The van der Waals surface area contributed by atoms with Gasteiger partial charge in [-0.2, -0.15) is 0 Å². The number of carbonyl (C=O) groups is 3. The molecule has 0 bridgehead atoms. The van der Waals surface area contributed by atoms with Gasteiger partial charge in [-0.1, -0.05) is 20.8 Å². The van der Waals surface area contributed by atoms with E-state index in [0.29, 0.717) is 12.3 Å². The maximum atomic E-state index is 11.8. The summed E-state index contributed by atoms with van der Waals surface area (Å²) >= 11 is 0. The minimum absolute atomic E-state index is 0.318. The third-order valence-corrected chi connectivity index (χ3v) is 2.79. The van der Waals surface area contributed by atoms with Crippen molar-refractivity contribution in [2.24, 2.45) is 17.8 Å². The molecule has 1 heterocycles. The molecule has 2 atom stereocenters. The Labute approximate surface area is 89.6 Å². The third-order valence-electron chi connectivity index (χ3n) is 2.79. The van der Waals surface area contributed by atoms with Gasteiger partial charge in [0, 0.05) is 12.8 Å². The molecule has 0 aromatic carbocycles. The Morgan fingerprint density at radius 1 is 1.33 bits per heavy atom. The Morgan fingerprint density at radius 3 is 2.20 bits per heavy atom. The van der Waals surface area contributed by atoms with Crippen molar-refractivity contribution < 1.29 is 14.4 Å². The summed E-state index contributed by atoms with van der Waals surface area (Å²) in [5.41, 5.74) is 0. The standard InChI is InChI=1S/C11H17NO3/c1-6(2)5-9-7(3)10(14)12(8(4)13)11(9)15/h6-7,9H,5H2,1-4H3. The monoisotopic (exact) mass is 211 g/mol. The minimum atomic E-state index is -0.469. The zero-order chi connectivity index (χ0) is 11.7. The van der Waals surface area contributed by atoms with Gasteiger partial charge in [-0.3, -0.25) is 14.4 Å². The van der Waals surface area contributed by atoms with Gasteiger partial charge in [0.25, 0.3) is 0 Å². The summed E-state index contributed by atoms with van der Waals surface area (Å²) in [5.74, 6) is -1.47. The van der Waals surface area contributed by atoms with Crippen LogP contribution in [0.3, 0.4) is 0 Å². The predicted molar refractivity (Wildman–Crippen MR) is 54.6 cm³/mol. The van der Waals surface area contributed by atoms with E-state index >= 15 is 0 Å². The molecule has 4 heteroatoms. The predicted octanol–water partition coefficient (Wildman–Crippen LogP) is 1.20. The van der Waals surface area contributed by atoms with Crippen LogP contribution in [0.15, 0.2) is 0 Å². The maximum Gasteiger partial charge on any atom is 0.239 e. The third kappa shape index (κ3) is 2.08. The second-order valence-electron chi connectivity index (χ2n) is 4.56. The first-order chi connectivity index (χ1) is 6.86. The van der Waals surface area contributed by atoms with E-state index in [1.807, 2.05) is 13.8 Å². The Kier molecular flexibility index (Phi) is 3.27. The van der Waals surface area contributed by atoms with Gasteiger partial charge in [0.2, 0.25) is 17.7 Å². The molecule has 1 aliphatic heterocycles. The van der Waals surface area contributed by atoms with Crippen LogP contribution in [-0.4, -0.2) is 22.6 Å². The van der Waals surface area contributed by atoms with Crippen molar-refractivity contribution >= 4 is 17.7 Å². The molecule has 1 fully saturated rings. The largest absolute Gasteiger partial charge is 0.274 e. The van der Waals surface area contributed by atoms with Gasteiger partial charge < -0.3 is 0 Å². The van der Waals surface area contributed by atoms with Gasteiger partial charge in [-0.25, -0.2) is 4.90 Å². The van der Waals surface area contributed by atoms with Crippen molar-refractivity contribution in [1.29, 1.82) is 0 Å². The normalized spacial score (nSPS) is 26.6. The number of carbonyl (C=O) groups excluding carboxylic acids is 3. The molecule has 1 saturated heterocycles. The molecule has 0 spiro atoms. The average molecular weight is 211 g/mol. The van der Waals surface area contributed by atoms with E-state index in [1.165, 1.54) is 6.92 Å². The van der Waals surface area contributed by atoms with Crippen LogP contribution < -0.4 is 0 Å². The fourth-order valence-electron chi connectivity index (χ4n) is 1.99. The topological polar surface area (TPSA) is 54.5 Å². The van der Waals surface area contributed by atoms with Crippen LogP contribution in [0.25, 0.3) is 0 Å². The number of hydrogen-bond acceptors (Lipinski definition) is 3. The van der Waals surface area contributed by atoms with Crippen LogP contribution in [0, 0.1) is 17.8 Å². The lowest BCUT2D eigenvalue weighted by Crippen LogP contribution is -2.35. The summed E-state index contributed by atoms with van der Waals surface area (Å²) < 4.78 is 0. The smallest absolute Gasteiger partial charge is 0.239 e. The molecule has 84 valence electrons. The van der Waals surface area contributed by atoms with Crippen molar-refractivity contribution in [3.8, 4) is 0 Å². The molecule has 0 aromatic rings. The van der Waals surface area contributed by atoms with Gasteiger partial charge in [0.1, 0.15) is 0 Å². The van der Waals surface area contributed by atoms with E-state index in [4.69, 9.17) is 0 Å². The molecule has 0 aromatic heterocycles. The van der Waals surface area contributed by atoms with Crippen molar-refractivity contribution in [2.45, 2.75) is 34.1 Å². The molecule has 2 unspecified atom stereocenters.